The van der Waals surface area contributed by atoms with Crippen LogP contribution in [0.25, 0.3) is 0 Å². The summed E-state index contributed by atoms with van der Waals surface area (Å²) in [4.78, 5) is 15.9. The first-order valence-corrected chi connectivity index (χ1v) is 7.66. The molecule has 0 fully saturated rings. The van der Waals surface area contributed by atoms with E-state index in [4.69, 9.17) is 10.5 Å². The quantitative estimate of drug-likeness (QED) is 0.240. The molecule has 1 aromatic rings. The van der Waals surface area contributed by atoms with Gasteiger partial charge in [-0.15, -0.1) is 24.0 Å². The molecular formula is C16H27IN4O2. The first-order chi connectivity index (χ1) is 10.7. The molecule has 0 bridgehead atoms. The van der Waals surface area contributed by atoms with Crippen LogP contribution in [0.5, 0.6) is 0 Å². The Morgan fingerprint density at radius 2 is 1.91 bits per heavy atom. The zero-order valence-corrected chi connectivity index (χ0v) is 16.1. The minimum atomic E-state index is -0.0620. The van der Waals surface area contributed by atoms with Gasteiger partial charge in [0.2, 0.25) is 0 Å². The molecule has 4 N–H and O–H groups in total. The Morgan fingerprint density at radius 1 is 1.22 bits per heavy atom. The Morgan fingerprint density at radius 3 is 2.52 bits per heavy atom. The number of aliphatic imine (C=N–C) groups is 1. The van der Waals surface area contributed by atoms with Gasteiger partial charge in [0.1, 0.15) is 0 Å². The number of rotatable bonds is 9. The van der Waals surface area contributed by atoms with Crippen molar-refractivity contribution in [1.29, 1.82) is 0 Å². The number of ether oxygens (including phenoxy) is 1. The fourth-order valence-electron chi connectivity index (χ4n) is 1.79. The van der Waals surface area contributed by atoms with Gasteiger partial charge in [0, 0.05) is 31.9 Å². The van der Waals surface area contributed by atoms with E-state index < -0.39 is 0 Å². The van der Waals surface area contributed by atoms with E-state index >= 15 is 0 Å². The average molecular weight is 434 g/mol. The van der Waals surface area contributed by atoms with Gasteiger partial charge in [-0.05, 0) is 38.0 Å². The van der Waals surface area contributed by atoms with Gasteiger partial charge in [-0.1, -0.05) is 12.1 Å². The zero-order chi connectivity index (χ0) is 16.2. The Kier molecular flexibility index (Phi) is 12.4. The lowest BCUT2D eigenvalue weighted by molar-refractivity contribution is 0.0956. The molecule has 1 amide bonds. The molecular weight excluding hydrogens is 407 g/mol. The van der Waals surface area contributed by atoms with Crippen LogP contribution in [0, 0.1) is 0 Å². The van der Waals surface area contributed by atoms with Crippen molar-refractivity contribution in [3.8, 4) is 0 Å². The molecule has 0 aromatic heterocycles. The second-order valence-electron chi connectivity index (χ2n) is 4.74. The first kappa shape index (κ1) is 21.6. The number of halogens is 1. The summed E-state index contributed by atoms with van der Waals surface area (Å²) < 4.78 is 5.24. The minimum Gasteiger partial charge on any atom is -0.382 e. The van der Waals surface area contributed by atoms with Crippen LogP contribution < -0.4 is 16.4 Å². The molecule has 0 aliphatic carbocycles. The molecule has 6 nitrogen and oxygen atoms in total. The van der Waals surface area contributed by atoms with Crippen LogP contribution in [0.15, 0.2) is 29.3 Å². The lowest BCUT2D eigenvalue weighted by Crippen LogP contribution is -2.32. The van der Waals surface area contributed by atoms with Crippen molar-refractivity contribution in [2.75, 3.05) is 26.3 Å². The van der Waals surface area contributed by atoms with E-state index in [1.807, 2.05) is 26.0 Å². The second-order valence-corrected chi connectivity index (χ2v) is 4.74. The molecule has 1 rings (SSSR count). The van der Waals surface area contributed by atoms with Crippen LogP contribution in [0.4, 0.5) is 0 Å². The van der Waals surface area contributed by atoms with E-state index in [9.17, 15) is 4.79 Å². The van der Waals surface area contributed by atoms with Gasteiger partial charge in [0.25, 0.3) is 5.91 Å². The van der Waals surface area contributed by atoms with Crippen molar-refractivity contribution >= 4 is 35.8 Å². The molecule has 0 saturated carbocycles. The minimum absolute atomic E-state index is 0. The summed E-state index contributed by atoms with van der Waals surface area (Å²) >= 11 is 0. The van der Waals surface area contributed by atoms with Gasteiger partial charge >= 0.3 is 0 Å². The fraction of sp³-hybridized carbons (Fsp3) is 0.500. The Bertz CT molecular complexity index is 477. The Balaban J connectivity index is 0.00000484. The van der Waals surface area contributed by atoms with E-state index in [0.29, 0.717) is 24.6 Å². The second kappa shape index (κ2) is 13.1. The van der Waals surface area contributed by atoms with Crippen LogP contribution in [0.2, 0.25) is 0 Å². The third kappa shape index (κ3) is 9.39. The highest BCUT2D eigenvalue weighted by Crippen LogP contribution is 2.05. The molecule has 1 aromatic carbocycles. The molecule has 0 atom stereocenters. The normalized spacial score (nSPS) is 10.8. The number of nitrogens with two attached hydrogens (primary N) is 1. The Labute approximate surface area is 155 Å². The van der Waals surface area contributed by atoms with Crippen LogP contribution in [-0.2, 0) is 11.3 Å². The summed E-state index contributed by atoms with van der Waals surface area (Å²) in [5.41, 5.74) is 7.44. The number of nitrogens with zero attached hydrogens (tertiary/aromatic N) is 1. The van der Waals surface area contributed by atoms with Crippen LogP contribution >= 0.6 is 24.0 Å². The number of carbonyl (C=O) groups excluding carboxylic acids is 1. The molecule has 0 radical (unpaired) electrons. The van der Waals surface area contributed by atoms with E-state index in [2.05, 4.69) is 15.6 Å². The van der Waals surface area contributed by atoms with Crippen molar-refractivity contribution in [2.24, 2.45) is 10.7 Å². The van der Waals surface area contributed by atoms with Crippen molar-refractivity contribution in [2.45, 2.75) is 26.8 Å². The number of hydrogen-bond donors (Lipinski definition) is 3. The number of hydrogen-bond acceptors (Lipinski definition) is 3. The van der Waals surface area contributed by atoms with Gasteiger partial charge < -0.3 is 21.1 Å². The van der Waals surface area contributed by atoms with Crippen LogP contribution in [0.3, 0.4) is 0 Å². The summed E-state index contributed by atoms with van der Waals surface area (Å²) in [6.45, 7) is 7.17. The molecule has 23 heavy (non-hydrogen) atoms. The Hall–Kier alpha value is -1.35. The third-order valence-electron chi connectivity index (χ3n) is 2.96. The predicted molar refractivity (Wildman–Crippen MR) is 104 cm³/mol. The number of benzene rings is 1. The van der Waals surface area contributed by atoms with E-state index in [-0.39, 0.29) is 29.9 Å². The number of amides is 1. The van der Waals surface area contributed by atoms with Gasteiger partial charge in [-0.3, -0.25) is 4.79 Å². The monoisotopic (exact) mass is 434 g/mol. The smallest absolute Gasteiger partial charge is 0.251 e. The first-order valence-electron chi connectivity index (χ1n) is 7.66. The summed E-state index contributed by atoms with van der Waals surface area (Å²) in [6.07, 6.45) is 0.894. The van der Waals surface area contributed by atoms with Crippen LogP contribution in [0.1, 0.15) is 36.2 Å². The number of carbonyl (C=O) groups is 1. The highest BCUT2D eigenvalue weighted by Gasteiger charge is 2.03. The number of guanidine groups is 1. The largest absolute Gasteiger partial charge is 0.382 e. The van der Waals surface area contributed by atoms with Crippen molar-refractivity contribution in [3.05, 3.63) is 35.4 Å². The van der Waals surface area contributed by atoms with E-state index in [1.165, 1.54) is 0 Å². The highest BCUT2D eigenvalue weighted by atomic mass is 127. The van der Waals surface area contributed by atoms with E-state index in [1.54, 1.807) is 12.1 Å². The molecule has 0 aliphatic heterocycles. The number of nitrogens with one attached hydrogen (secondary N) is 2. The average Bonchev–Trinajstić information content (AvgIpc) is 2.53. The molecule has 0 aliphatic rings. The van der Waals surface area contributed by atoms with Crippen LogP contribution in [-0.4, -0.2) is 38.2 Å². The van der Waals surface area contributed by atoms with Crippen molar-refractivity contribution in [3.63, 3.8) is 0 Å². The van der Waals surface area contributed by atoms with E-state index in [0.717, 1.165) is 31.7 Å². The summed E-state index contributed by atoms with van der Waals surface area (Å²) in [6, 6.07) is 7.36. The molecule has 7 heteroatoms. The van der Waals surface area contributed by atoms with Gasteiger partial charge in [0.05, 0.1) is 6.54 Å². The lowest BCUT2D eigenvalue weighted by Gasteiger charge is -2.06. The molecule has 0 spiro atoms. The third-order valence-corrected chi connectivity index (χ3v) is 2.96. The summed E-state index contributed by atoms with van der Waals surface area (Å²) in [5, 5.41) is 5.80. The summed E-state index contributed by atoms with van der Waals surface area (Å²) in [7, 11) is 0. The fourth-order valence-corrected chi connectivity index (χ4v) is 1.79. The van der Waals surface area contributed by atoms with Gasteiger partial charge in [-0.2, -0.15) is 0 Å². The molecule has 0 saturated heterocycles. The standard InChI is InChI=1S/C16H26N4O2.HI/c1-3-18-15(21)14-8-6-13(7-9-14)12-20-16(17)19-10-5-11-22-4-2;/h6-9H,3-5,10-12H2,1-2H3,(H,18,21)(H3,17,19,20);1H. The van der Waals surface area contributed by atoms with Gasteiger partial charge in [0.15, 0.2) is 5.96 Å². The predicted octanol–water partition coefficient (Wildman–Crippen LogP) is 1.89. The zero-order valence-electron chi connectivity index (χ0n) is 13.8. The summed E-state index contributed by atoms with van der Waals surface area (Å²) in [5.74, 6) is 0.359. The maximum Gasteiger partial charge on any atom is 0.251 e. The maximum absolute atomic E-state index is 11.6. The maximum atomic E-state index is 11.6. The molecule has 0 heterocycles. The molecule has 0 unspecified atom stereocenters. The lowest BCUT2D eigenvalue weighted by atomic mass is 10.1. The highest BCUT2D eigenvalue weighted by molar-refractivity contribution is 14.0. The SMILES string of the molecule is CCNC(=O)c1ccc(CN=C(N)NCCCOCC)cc1.I. The van der Waals surface area contributed by atoms with Gasteiger partial charge in [-0.25, -0.2) is 4.99 Å². The molecule has 130 valence electrons. The topological polar surface area (TPSA) is 88.7 Å². The van der Waals surface area contributed by atoms with Crippen molar-refractivity contribution in [1.82, 2.24) is 10.6 Å². The van der Waals surface area contributed by atoms with Crippen molar-refractivity contribution < 1.29 is 9.53 Å².